The Labute approximate surface area is 129 Å². The zero-order valence-electron chi connectivity index (χ0n) is 11.6. The van der Waals surface area contributed by atoms with Gasteiger partial charge in [0.2, 0.25) is 0 Å². The first kappa shape index (κ1) is 16.4. The Kier molecular flexibility index (Phi) is 5.12. The topological polar surface area (TPSA) is 44.1 Å². The van der Waals surface area contributed by atoms with Crippen molar-refractivity contribution in [3.8, 4) is 11.3 Å². The van der Waals surface area contributed by atoms with E-state index in [-0.39, 0.29) is 18.2 Å². The highest BCUT2D eigenvalue weighted by Crippen LogP contribution is 2.31. The lowest BCUT2D eigenvalue weighted by Crippen LogP contribution is -2.16. The van der Waals surface area contributed by atoms with Crippen LogP contribution in [0.15, 0.2) is 36.4 Å². The van der Waals surface area contributed by atoms with Crippen molar-refractivity contribution >= 4 is 17.7 Å². The molecular weight excluding hydrogens is 317 g/mol. The third kappa shape index (κ3) is 4.03. The molecule has 2 rings (SSSR count). The predicted octanol–water partition coefficient (Wildman–Crippen LogP) is 3.43. The van der Waals surface area contributed by atoms with Crippen LogP contribution >= 0.6 is 11.8 Å². The smallest absolute Gasteiger partial charge is 0.435 e. The summed E-state index contributed by atoms with van der Waals surface area (Å²) in [5.41, 5.74) is -0.277. The highest BCUT2D eigenvalue weighted by atomic mass is 32.2. The Morgan fingerprint density at radius 3 is 2.59 bits per heavy atom. The number of hydrogen-bond donors (Lipinski definition) is 0. The first-order valence-corrected chi connectivity index (χ1v) is 7.66. The van der Waals surface area contributed by atoms with Crippen LogP contribution in [0.1, 0.15) is 5.69 Å². The highest BCUT2D eigenvalue weighted by Gasteiger charge is 2.35. The number of hydrogen-bond acceptors (Lipinski definition) is 4. The molecule has 0 amide bonds. The number of carbonyl (C=O) groups is 1. The van der Waals surface area contributed by atoms with E-state index < -0.39 is 17.8 Å². The van der Waals surface area contributed by atoms with E-state index in [2.05, 4.69) is 5.10 Å². The van der Waals surface area contributed by atoms with Crippen molar-refractivity contribution < 1.29 is 22.7 Å². The Morgan fingerprint density at radius 1 is 1.32 bits per heavy atom. The summed E-state index contributed by atoms with van der Waals surface area (Å²) in [6.07, 6.45) is -2.82. The number of benzene rings is 1. The van der Waals surface area contributed by atoms with Crippen molar-refractivity contribution in [2.75, 3.05) is 12.2 Å². The number of esters is 1. The Balaban J connectivity index is 2.34. The van der Waals surface area contributed by atoms with Crippen molar-refractivity contribution in [2.45, 2.75) is 12.7 Å². The maximum atomic E-state index is 12.8. The average molecular weight is 330 g/mol. The Morgan fingerprint density at radius 2 is 2.00 bits per heavy atom. The van der Waals surface area contributed by atoms with E-state index in [9.17, 15) is 18.0 Å². The van der Waals surface area contributed by atoms with Crippen LogP contribution in [0.2, 0.25) is 0 Å². The minimum absolute atomic E-state index is 0.146. The van der Waals surface area contributed by atoms with Crippen LogP contribution in [0.3, 0.4) is 0 Å². The van der Waals surface area contributed by atoms with Crippen molar-refractivity contribution in [2.24, 2.45) is 0 Å². The number of aromatic nitrogens is 2. The molecule has 4 nitrogen and oxygen atoms in total. The molecule has 0 fully saturated rings. The molecule has 0 unspecified atom stereocenters. The van der Waals surface area contributed by atoms with Crippen molar-refractivity contribution in [3.05, 3.63) is 42.1 Å². The van der Waals surface area contributed by atoms with Gasteiger partial charge in [-0.2, -0.15) is 18.3 Å². The standard InChI is InChI=1S/C14H13F3N2O2S/c1-22-9-21-13(20)8-19-11(10-5-3-2-4-6-10)7-12(18-19)14(15,16)17/h2-7H,8-9H2,1H3. The zero-order chi connectivity index (χ0) is 16.2. The Hall–Kier alpha value is -1.96. The van der Waals surface area contributed by atoms with Gasteiger partial charge in [-0.1, -0.05) is 30.3 Å². The van der Waals surface area contributed by atoms with Gasteiger partial charge in [-0.3, -0.25) is 9.48 Å². The van der Waals surface area contributed by atoms with Crippen molar-refractivity contribution in [1.29, 1.82) is 0 Å². The van der Waals surface area contributed by atoms with Crippen LogP contribution in [-0.2, 0) is 22.3 Å². The molecule has 0 aliphatic carbocycles. The lowest BCUT2D eigenvalue weighted by Gasteiger charge is -2.07. The molecule has 0 atom stereocenters. The SMILES string of the molecule is CSCOC(=O)Cn1nc(C(F)(F)F)cc1-c1ccccc1. The summed E-state index contributed by atoms with van der Waals surface area (Å²) >= 11 is 1.30. The molecule has 0 saturated carbocycles. The maximum Gasteiger partial charge on any atom is 0.435 e. The van der Waals surface area contributed by atoms with Gasteiger partial charge in [0.15, 0.2) is 5.69 Å². The molecule has 2 aromatic rings. The second-order valence-electron chi connectivity index (χ2n) is 4.36. The monoisotopic (exact) mass is 330 g/mol. The number of thioether (sulfide) groups is 1. The van der Waals surface area contributed by atoms with Crippen LogP contribution in [-0.4, -0.2) is 27.9 Å². The molecule has 0 radical (unpaired) electrons. The molecular formula is C14H13F3N2O2S. The molecule has 22 heavy (non-hydrogen) atoms. The number of halogens is 3. The van der Waals surface area contributed by atoms with Gasteiger partial charge in [0, 0.05) is 0 Å². The fraction of sp³-hybridized carbons (Fsp3) is 0.286. The van der Waals surface area contributed by atoms with Gasteiger partial charge in [0.1, 0.15) is 12.5 Å². The molecule has 118 valence electrons. The van der Waals surface area contributed by atoms with Crippen LogP contribution in [0.5, 0.6) is 0 Å². The summed E-state index contributed by atoms with van der Waals surface area (Å²) in [4.78, 5) is 11.6. The van der Waals surface area contributed by atoms with Crippen LogP contribution in [0.4, 0.5) is 13.2 Å². The number of alkyl halides is 3. The summed E-state index contributed by atoms with van der Waals surface area (Å²) in [7, 11) is 0. The molecule has 8 heteroatoms. The van der Waals surface area contributed by atoms with Crippen LogP contribution < -0.4 is 0 Å². The minimum Gasteiger partial charge on any atom is -0.453 e. The van der Waals surface area contributed by atoms with E-state index in [1.54, 1.807) is 36.6 Å². The Bertz CT molecular complexity index is 641. The summed E-state index contributed by atoms with van der Waals surface area (Å²) in [5.74, 6) is -0.490. The quantitative estimate of drug-likeness (QED) is 0.622. The van der Waals surface area contributed by atoms with Gasteiger partial charge in [0.25, 0.3) is 0 Å². The minimum atomic E-state index is -4.57. The van der Waals surface area contributed by atoms with E-state index in [1.165, 1.54) is 11.8 Å². The van der Waals surface area contributed by atoms with Crippen LogP contribution in [0.25, 0.3) is 11.3 Å². The highest BCUT2D eigenvalue weighted by molar-refractivity contribution is 7.98. The number of ether oxygens (including phenoxy) is 1. The average Bonchev–Trinajstić information content (AvgIpc) is 2.90. The molecule has 1 aromatic carbocycles. The van der Waals surface area contributed by atoms with E-state index in [0.29, 0.717) is 5.56 Å². The first-order valence-electron chi connectivity index (χ1n) is 6.27. The largest absolute Gasteiger partial charge is 0.453 e. The third-order valence-corrected chi connectivity index (χ3v) is 3.11. The third-order valence-electron chi connectivity index (χ3n) is 2.76. The molecule has 0 aliphatic heterocycles. The van der Waals surface area contributed by atoms with Gasteiger partial charge < -0.3 is 4.74 Å². The summed E-state index contributed by atoms with van der Waals surface area (Å²) in [6, 6.07) is 9.39. The lowest BCUT2D eigenvalue weighted by molar-refractivity contribution is -0.144. The van der Waals surface area contributed by atoms with E-state index in [4.69, 9.17) is 4.74 Å². The van der Waals surface area contributed by atoms with Crippen molar-refractivity contribution in [3.63, 3.8) is 0 Å². The summed E-state index contributed by atoms with van der Waals surface area (Å²) < 4.78 is 44.4. The summed E-state index contributed by atoms with van der Waals surface area (Å²) in [6.45, 7) is -0.374. The molecule has 0 N–H and O–H groups in total. The van der Waals surface area contributed by atoms with E-state index in [0.717, 1.165) is 10.7 Å². The second-order valence-corrected chi connectivity index (χ2v) is 5.17. The van der Waals surface area contributed by atoms with E-state index in [1.807, 2.05) is 0 Å². The molecule has 1 heterocycles. The molecule has 1 aromatic heterocycles. The molecule has 0 aliphatic rings. The van der Waals surface area contributed by atoms with Gasteiger partial charge in [-0.05, 0) is 17.9 Å². The van der Waals surface area contributed by atoms with Crippen LogP contribution in [0, 0.1) is 0 Å². The van der Waals surface area contributed by atoms with Gasteiger partial charge in [-0.25, -0.2) is 0 Å². The van der Waals surface area contributed by atoms with Gasteiger partial charge in [-0.15, -0.1) is 11.8 Å². The molecule has 0 bridgehead atoms. The predicted molar refractivity (Wildman–Crippen MR) is 77.1 cm³/mol. The maximum absolute atomic E-state index is 12.8. The fourth-order valence-electron chi connectivity index (χ4n) is 1.81. The number of rotatable bonds is 5. The number of nitrogens with zero attached hydrogens (tertiary/aromatic N) is 2. The summed E-state index contributed by atoms with van der Waals surface area (Å²) in [5, 5.41) is 3.49. The van der Waals surface area contributed by atoms with Gasteiger partial charge in [0.05, 0.1) is 5.69 Å². The zero-order valence-corrected chi connectivity index (χ0v) is 12.4. The molecule has 0 spiro atoms. The van der Waals surface area contributed by atoms with Crippen molar-refractivity contribution in [1.82, 2.24) is 9.78 Å². The van der Waals surface area contributed by atoms with Gasteiger partial charge >= 0.3 is 12.1 Å². The first-order chi connectivity index (χ1) is 10.4. The second kappa shape index (κ2) is 6.87. The molecule has 0 saturated heterocycles. The number of carbonyl (C=O) groups excluding carboxylic acids is 1. The fourth-order valence-corrected chi connectivity index (χ4v) is 2.06. The lowest BCUT2D eigenvalue weighted by atomic mass is 10.1. The van der Waals surface area contributed by atoms with E-state index >= 15 is 0 Å². The normalized spacial score (nSPS) is 11.5.